The minimum absolute atomic E-state index is 0.00469. The summed E-state index contributed by atoms with van der Waals surface area (Å²) in [7, 11) is 0. The van der Waals surface area contributed by atoms with E-state index in [1.165, 1.54) is 0 Å². The largest absolute Gasteiger partial charge is 0.411 e. The number of nitrogens with two attached hydrogens (primary N) is 1. The highest BCUT2D eigenvalue weighted by atomic mass is 19.4. The van der Waals surface area contributed by atoms with Crippen LogP contribution in [0.3, 0.4) is 0 Å². The van der Waals surface area contributed by atoms with Gasteiger partial charge in [-0.3, -0.25) is 11.3 Å². The summed E-state index contributed by atoms with van der Waals surface area (Å²) in [5, 5.41) is 0. The Morgan fingerprint density at radius 2 is 2.11 bits per heavy atom. The molecule has 3 nitrogen and oxygen atoms in total. The van der Waals surface area contributed by atoms with Crippen LogP contribution in [0.4, 0.5) is 13.2 Å². The van der Waals surface area contributed by atoms with E-state index in [2.05, 4.69) is 10.2 Å². The second-order valence-electron chi connectivity index (χ2n) is 4.27. The van der Waals surface area contributed by atoms with Crippen LogP contribution in [-0.2, 0) is 11.2 Å². The molecule has 3 N–H and O–H groups in total. The molecule has 0 aliphatic heterocycles. The quantitative estimate of drug-likeness (QED) is 0.457. The maximum Gasteiger partial charge on any atom is 0.411 e. The number of aryl methyl sites for hydroxylation is 1. The predicted octanol–water partition coefficient (Wildman–Crippen LogP) is 2.72. The molecule has 19 heavy (non-hydrogen) atoms. The summed E-state index contributed by atoms with van der Waals surface area (Å²) in [6.07, 6.45) is -3.00. The SMILES string of the molecule is CCc1cccc(C(CCOCC(F)(F)F)NN)c1. The Bertz CT molecular complexity index is 382. The molecular weight excluding hydrogens is 257 g/mol. The molecule has 0 aliphatic carbocycles. The van der Waals surface area contributed by atoms with Crippen molar-refractivity contribution >= 4 is 0 Å². The van der Waals surface area contributed by atoms with E-state index < -0.39 is 12.8 Å². The van der Waals surface area contributed by atoms with Crippen molar-refractivity contribution in [2.45, 2.75) is 32.0 Å². The van der Waals surface area contributed by atoms with Crippen molar-refractivity contribution in [2.24, 2.45) is 5.84 Å². The lowest BCUT2D eigenvalue weighted by molar-refractivity contribution is -0.174. The lowest BCUT2D eigenvalue weighted by atomic mass is 10.0. The van der Waals surface area contributed by atoms with E-state index in [-0.39, 0.29) is 12.6 Å². The Labute approximate surface area is 110 Å². The Morgan fingerprint density at radius 1 is 1.37 bits per heavy atom. The molecule has 0 amide bonds. The molecule has 0 aromatic heterocycles. The van der Waals surface area contributed by atoms with E-state index in [9.17, 15) is 13.2 Å². The molecule has 1 aromatic carbocycles. The predicted molar refractivity (Wildman–Crippen MR) is 67.4 cm³/mol. The first-order valence-electron chi connectivity index (χ1n) is 6.15. The van der Waals surface area contributed by atoms with Gasteiger partial charge in [0.05, 0.1) is 0 Å². The second kappa shape index (κ2) is 7.47. The Hall–Kier alpha value is -1.11. The third kappa shape index (κ3) is 6.04. The third-order valence-electron chi connectivity index (χ3n) is 2.78. The van der Waals surface area contributed by atoms with Gasteiger partial charge < -0.3 is 4.74 Å². The highest BCUT2D eigenvalue weighted by molar-refractivity contribution is 5.26. The first-order chi connectivity index (χ1) is 8.96. The first-order valence-corrected chi connectivity index (χ1v) is 6.15. The summed E-state index contributed by atoms with van der Waals surface area (Å²) in [5.41, 5.74) is 4.72. The number of rotatable bonds is 7. The van der Waals surface area contributed by atoms with Gasteiger partial charge in [-0.25, -0.2) is 0 Å². The Balaban J connectivity index is 2.48. The van der Waals surface area contributed by atoms with Crippen molar-refractivity contribution < 1.29 is 17.9 Å². The van der Waals surface area contributed by atoms with Crippen molar-refractivity contribution in [3.63, 3.8) is 0 Å². The van der Waals surface area contributed by atoms with E-state index in [0.717, 1.165) is 17.5 Å². The molecule has 108 valence electrons. The minimum Gasteiger partial charge on any atom is -0.372 e. The molecule has 0 aliphatic rings. The average molecular weight is 276 g/mol. The second-order valence-corrected chi connectivity index (χ2v) is 4.27. The van der Waals surface area contributed by atoms with Crippen LogP contribution in [0.1, 0.15) is 30.5 Å². The summed E-state index contributed by atoms with van der Waals surface area (Å²) in [4.78, 5) is 0. The maximum absolute atomic E-state index is 11.9. The summed E-state index contributed by atoms with van der Waals surface area (Å²) in [5.74, 6) is 5.44. The molecule has 1 rings (SSSR count). The van der Waals surface area contributed by atoms with Gasteiger partial charge in [0.1, 0.15) is 6.61 Å². The van der Waals surface area contributed by atoms with Crippen LogP contribution in [0.5, 0.6) is 0 Å². The number of benzene rings is 1. The number of alkyl halides is 3. The van der Waals surface area contributed by atoms with Crippen LogP contribution in [-0.4, -0.2) is 19.4 Å². The van der Waals surface area contributed by atoms with Gasteiger partial charge in [-0.05, 0) is 24.0 Å². The summed E-state index contributed by atoms with van der Waals surface area (Å²) >= 11 is 0. The van der Waals surface area contributed by atoms with Gasteiger partial charge in [-0.1, -0.05) is 31.2 Å². The lowest BCUT2D eigenvalue weighted by Crippen LogP contribution is -2.29. The van der Waals surface area contributed by atoms with Gasteiger partial charge in [0, 0.05) is 12.6 Å². The minimum atomic E-state index is -4.28. The highest BCUT2D eigenvalue weighted by Gasteiger charge is 2.27. The number of hydrogen-bond acceptors (Lipinski definition) is 3. The van der Waals surface area contributed by atoms with Gasteiger partial charge in [-0.15, -0.1) is 0 Å². The number of halogens is 3. The summed E-state index contributed by atoms with van der Waals surface area (Å²) in [6.45, 7) is 0.820. The van der Waals surface area contributed by atoms with E-state index >= 15 is 0 Å². The number of hydrogen-bond donors (Lipinski definition) is 2. The average Bonchev–Trinajstić information content (AvgIpc) is 2.37. The lowest BCUT2D eigenvalue weighted by Gasteiger charge is -2.17. The van der Waals surface area contributed by atoms with Crippen molar-refractivity contribution in [2.75, 3.05) is 13.2 Å². The number of hydrazine groups is 1. The van der Waals surface area contributed by atoms with E-state index in [0.29, 0.717) is 6.42 Å². The molecule has 0 bridgehead atoms. The molecule has 0 spiro atoms. The summed E-state index contributed by atoms with van der Waals surface area (Å²) < 4.78 is 40.3. The van der Waals surface area contributed by atoms with E-state index in [4.69, 9.17) is 5.84 Å². The van der Waals surface area contributed by atoms with Gasteiger partial charge in [-0.2, -0.15) is 13.2 Å². The summed E-state index contributed by atoms with van der Waals surface area (Å²) in [6, 6.07) is 7.59. The fourth-order valence-corrected chi connectivity index (χ4v) is 1.77. The fraction of sp³-hybridized carbons (Fsp3) is 0.538. The molecule has 0 saturated heterocycles. The molecule has 1 atom stereocenters. The van der Waals surface area contributed by atoms with Gasteiger partial charge in [0.15, 0.2) is 0 Å². The van der Waals surface area contributed by atoms with Crippen LogP contribution in [0.2, 0.25) is 0 Å². The van der Waals surface area contributed by atoms with Crippen LogP contribution >= 0.6 is 0 Å². The van der Waals surface area contributed by atoms with Crippen LogP contribution in [0.15, 0.2) is 24.3 Å². The maximum atomic E-state index is 11.9. The molecule has 1 unspecified atom stereocenters. The fourth-order valence-electron chi connectivity index (χ4n) is 1.77. The monoisotopic (exact) mass is 276 g/mol. The van der Waals surface area contributed by atoms with E-state index in [1.54, 1.807) is 0 Å². The zero-order chi connectivity index (χ0) is 14.3. The van der Waals surface area contributed by atoms with Crippen LogP contribution in [0.25, 0.3) is 0 Å². The van der Waals surface area contributed by atoms with Gasteiger partial charge in [0.2, 0.25) is 0 Å². The Morgan fingerprint density at radius 3 is 2.68 bits per heavy atom. The van der Waals surface area contributed by atoms with Crippen LogP contribution in [0, 0.1) is 0 Å². The zero-order valence-corrected chi connectivity index (χ0v) is 10.8. The topological polar surface area (TPSA) is 47.3 Å². The first kappa shape index (κ1) is 15.9. The smallest absolute Gasteiger partial charge is 0.372 e. The van der Waals surface area contributed by atoms with Crippen molar-refractivity contribution in [1.29, 1.82) is 0 Å². The Kier molecular flexibility index (Phi) is 6.27. The molecule has 0 saturated carbocycles. The zero-order valence-electron chi connectivity index (χ0n) is 10.8. The molecule has 0 radical (unpaired) electrons. The highest BCUT2D eigenvalue weighted by Crippen LogP contribution is 2.19. The van der Waals surface area contributed by atoms with Crippen molar-refractivity contribution in [1.82, 2.24) is 5.43 Å². The third-order valence-corrected chi connectivity index (χ3v) is 2.78. The standard InChI is InChI=1S/C13H19F3N2O/c1-2-10-4-3-5-11(8-10)12(18-17)6-7-19-9-13(14,15)16/h3-5,8,12,18H,2,6-7,9,17H2,1H3. The van der Waals surface area contributed by atoms with E-state index in [1.807, 2.05) is 31.2 Å². The number of ether oxygens (including phenoxy) is 1. The van der Waals surface area contributed by atoms with Crippen LogP contribution < -0.4 is 11.3 Å². The molecule has 0 heterocycles. The number of nitrogens with one attached hydrogen (secondary N) is 1. The van der Waals surface area contributed by atoms with Gasteiger partial charge >= 0.3 is 6.18 Å². The van der Waals surface area contributed by atoms with Gasteiger partial charge in [0.25, 0.3) is 0 Å². The molecule has 6 heteroatoms. The van der Waals surface area contributed by atoms with Crippen molar-refractivity contribution in [3.05, 3.63) is 35.4 Å². The normalized spacial score (nSPS) is 13.5. The molecular formula is C13H19F3N2O. The van der Waals surface area contributed by atoms with Crippen molar-refractivity contribution in [3.8, 4) is 0 Å². The molecule has 1 aromatic rings. The molecule has 0 fully saturated rings.